The Balaban J connectivity index is 2.45. The lowest BCUT2D eigenvalue weighted by Crippen LogP contribution is -2.33. The highest BCUT2D eigenvalue weighted by molar-refractivity contribution is 5.83. The predicted molar refractivity (Wildman–Crippen MR) is 53.3 cm³/mol. The Morgan fingerprint density at radius 1 is 1.46 bits per heavy atom. The SMILES string of the molecule is CCCCC1NC(CC)N(C)C1=O. The lowest BCUT2D eigenvalue weighted by Gasteiger charge is -2.16. The van der Waals surface area contributed by atoms with Crippen molar-refractivity contribution in [1.29, 1.82) is 0 Å². The first kappa shape index (κ1) is 10.5. The van der Waals surface area contributed by atoms with Crippen LogP contribution in [0.2, 0.25) is 0 Å². The van der Waals surface area contributed by atoms with E-state index >= 15 is 0 Å². The van der Waals surface area contributed by atoms with E-state index in [-0.39, 0.29) is 18.1 Å². The molecule has 76 valence electrons. The number of rotatable bonds is 4. The van der Waals surface area contributed by atoms with E-state index in [2.05, 4.69) is 19.2 Å². The molecule has 3 nitrogen and oxygen atoms in total. The second kappa shape index (κ2) is 4.61. The van der Waals surface area contributed by atoms with Crippen molar-refractivity contribution in [1.82, 2.24) is 10.2 Å². The maximum absolute atomic E-state index is 11.6. The Morgan fingerprint density at radius 2 is 2.15 bits per heavy atom. The number of nitrogens with one attached hydrogen (secondary N) is 1. The highest BCUT2D eigenvalue weighted by atomic mass is 16.2. The molecule has 1 rings (SSSR count). The second-order valence-corrected chi connectivity index (χ2v) is 3.73. The van der Waals surface area contributed by atoms with Crippen LogP contribution in [0.4, 0.5) is 0 Å². The van der Waals surface area contributed by atoms with E-state index in [0.717, 1.165) is 25.7 Å². The van der Waals surface area contributed by atoms with Crippen molar-refractivity contribution in [3.63, 3.8) is 0 Å². The van der Waals surface area contributed by atoms with E-state index in [4.69, 9.17) is 0 Å². The molecule has 0 bridgehead atoms. The van der Waals surface area contributed by atoms with Gasteiger partial charge in [-0.25, -0.2) is 0 Å². The monoisotopic (exact) mass is 184 g/mol. The maximum atomic E-state index is 11.6. The van der Waals surface area contributed by atoms with Crippen molar-refractivity contribution in [2.45, 2.75) is 51.7 Å². The zero-order chi connectivity index (χ0) is 9.84. The summed E-state index contributed by atoms with van der Waals surface area (Å²) >= 11 is 0. The number of likely N-dealkylation sites (N-methyl/N-ethyl adjacent to an activating group) is 1. The summed E-state index contributed by atoms with van der Waals surface area (Å²) in [6.07, 6.45) is 4.52. The van der Waals surface area contributed by atoms with Gasteiger partial charge in [0.25, 0.3) is 0 Å². The van der Waals surface area contributed by atoms with Crippen LogP contribution in [-0.4, -0.2) is 30.1 Å². The van der Waals surface area contributed by atoms with Gasteiger partial charge in [-0.05, 0) is 12.8 Å². The van der Waals surface area contributed by atoms with Crippen molar-refractivity contribution < 1.29 is 4.79 Å². The average molecular weight is 184 g/mol. The molecule has 2 atom stereocenters. The number of unbranched alkanes of at least 4 members (excludes halogenated alkanes) is 1. The lowest BCUT2D eigenvalue weighted by molar-refractivity contribution is -0.128. The molecule has 1 fully saturated rings. The van der Waals surface area contributed by atoms with Gasteiger partial charge in [0, 0.05) is 7.05 Å². The van der Waals surface area contributed by atoms with E-state index in [9.17, 15) is 4.79 Å². The molecule has 1 N–H and O–H groups in total. The maximum Gasteiger partial charge on any atom is 0.240 e. The molecule has 1 aliphatic rings. The smallest absolute Gasteiger partial charge is 0.240 e. The van der Waals surface area contributed by atoms with Crippen LogP contribution in [0.25, 0.3) is 0 Å². The van der Waals surface area contributed by atoms with Crippen LogP contribution in [0.1, 0.15) is 39.5 Å². The zero-order valence-corrected chi connectivity index (χ0v) is 8.84. The molecule has 1 saturated heterocycles. The summed E-state index contributed by atoms with van der Waals surface area (Å²) in [7, 11) is 1.88. The lowest BCUT2D eigenvalue weighted by atomic mass is 10.1. The average Bonchev–Trinajstić information content (AvgIpc) is 2.41. The summed E-state index contributed by atoms with van der Waals surface area (Å²) in [6, 6.07) is 0.0786. The molecule has 0 aromatic carbocycles. The number of nitrogens with zero attached hydrogens (tertiary/aromatic N) is 1. The van der Waals surface area contributed by atoms with Crippen LogP contribution in [-0.2, 0) is 4.79 Å². The molecule has 1 aliphatic heterocycles. The summed E-state index contributed by atoms with van der Waals surface area (Å²) in [4.78, 5) is 13.5. The fourth-order valence-corrected chi connectivity index (χ4v) is 1.82. The molecule has 0 spiro atoms. The molecular weight excluding hydrogens is 164 g/mol. The summed E-state index contributed by atoms with van der Waals surface area (Å²) in [5.41, 5.74) is 0. The molecule has 2 unspecified atom stereocenters. The number of hydrogen-bond acceptors (Lipinski definition) is 2. The van der Waals surface area contributed by atoms with E-state index < -0.39 is 0 Å². The molecule has 0 aromatic rings. The number of hydrogen-bond donors (Lipinski definition) is 1. The van der Waals surface area contributed by atoms with E-state index in [1.54, 1.807) is 0 Å². The normalized spacial score (nSPS) is 28.5. The van der Waals surface area contributed by atoms with Gasteiger partial charge in [0.2, 0.25) is 5.91 Å². The minimum absolute atomic E-state index is 0.0786. The molecule has 0 aromatic heterocycles. The van der Waals surface area contributed by atoms with Crippen molar-refractivity contribution >= 4 is 5.91 Å². The second-order valence-electron chi connectivity index (χ2n) is 3.73. The van der Waals surface area contributed by atoms with E-state index in [0.29, 0.717) is 0 Å². The Labute approximate surface area is 80.5 Å². The molecule has 1 amide bonds. The Hall–Kier alpha value is -0.570. The van der Waals surface area contributed by atoms with Gasteiger partial charge in [-0.3, -0.25) is 10.1 Å². The minimum atomic E-state index is 0.0786. The third-order valence-corrected chi connectivity index (χ3v) is 2.74. The first-order valence-electron chi connectivity index (χ1n) is 5.23. The van der Waals surface area contributed by atoms with Crippen molar-refractivity contribution in [3.05, 3.63) is 0 Å². The van der Waals surface area contributed by atoms with Crippen LogP contribution in [0.5, 0.6) is 0 Å². The topological polar surface area (TPSA) is 32.3 Å². The first-order chi connectivity index (χ1) is 6.20. The highest BCUT2D eigenvalue weighted by Gasteiger charge is 2.34. The summed E-state index contributed by atoms with van der Waals surface area (Å²) in [6.45, 7) is 4.25. The zero-order valence-electron chi connectivity index (χ0n) is 8.84. The molecule has 1 heterocycles. The number of amides is 1. The summed E-state index contributed by atoms with van der Waals surface area (Å²) in [5.74, 6) is 0.264. The Kier molecular flexibility index (Phi) is 3.72. The van der Waals surface area contributed by atoms with Gasteiger partial charge in [-0.1, -0.05) is 26.7 Å². The summed E-state index contributed by atoms with van der Waals surface area (Å²) < 4.78 is 0. The third kappa shape index (κ3) is 2.21. The van der Waals surface area contributed by atoms with Gasteiger partial charge >= 0.3 is 0 Å². The van der Waals surface area contributed by atoms with E-state index in [1.807, 2.05) is 11.9 Å². The third-order valence-electron chi connectivity index (χ3n) is 2.74. The van der Waals surface area contributed by atoms with Gasteiger partial charge in [0.05, 0.1) is 12.2 Å². The van der Waals surface area contributed by atoms with Crippen LogP contribution >= 0.6 is 0 Å². The van der Waals surface area contributed by atoms with Gasteiger partial charge in [-0.2, -0.15) is 0 Å². The van der Waals surface area contributed by atoms with Crippen LogP contribution in [0, 0.1) is 0 Å². The molecule has 0 aliphatic carbocycles. The van der Waals surface area contributed by atoms with Gasteiger partial charge in [0.1, 0.15) is 0 Å². The molecule has 3 heteroatoms. The largest absolute Gasteiger partial charge is 0.329 e. The van der Waals surface area contributed by atoms with Crippen LogP contribution < -0.4 is 5.32 Å². The highest BCUT2D eigenvalue weighted by Crippen LogP contribution is 2.15. The number of carbonyl (C=O) groups excluding carboxylic acids is 1. The predicted octanol–water partition coefficient (Wildman–Crippen LogP) is 1.34. The quantitative estimate of drug-likeness (QED) is 0.715. The molecule has 0 radical (unpaired) electrons. The van der Waals surface area contributed by atoms with Gasteiger partial charge < -0.3 is 4.90 Å². The van der Waals surface area contributed by atoms with Crippen molar-refractivity contribution in [3.8, 4) is 0 Å². The van der Waals surface area contributed by atoms with Crippen molar-refractivity contribution in [2.24, 2.45) is 0 Å². The molecule has 0 saturated carbocycles. The van der Waals surface area contributed by atoms with Gasteiger partial charge in [-0.15, -0.1) is 0 Å². The standard InChI is InChI=1S/C10H20N2O/c1-4-6-7-8-10(13)12(3)9(5-2)11-8/h8-9,11H,4-7H2,1-3H3. The van der Waals surface area contributed by atoms with Crippen molar-refractivity contribution in [2.75, 3.05) is 7.05 Å². The molecule has 13 heavy (non-hydrogen) atoms. The van der Waals surface area contributed by atoms with Gasteiger partial charge in [0.15, 0.2) is 0 Å². The first-order valence-corrected chi connectivity index (χ1v) is 5.23. The minimum Gasteiger partial charge on any atom is -0.329 e. The number of carbonyl (C=O) groups is 1. The Bertz CT molecular complexity index is 182. The fraction of sp³-hybridized carbons (Fsp3) is 0.900. The summed E-state index contributed by atoms with van der Waals surface area (Å²) in [5, 5.41) is 3.35. The van der Waals surface area contributed by atoms with Crippen LogP contribution in [0.15, 0.2) is 0 Å². The van der Waals surface area contributed by atoms with E-state index in [1.165, 1.54) is 0 Å². The Morgan fingerprint density at radius 3 is 2.62 bits per heavy atom. The molecular formula is C10H20N2O. The fourth-order valence-electron chi connectivity index (χ4n) is 1.82. The van der Waals surface area contributed by atoms with Crippen LogP contribution in [0.3, 0.4) is 0 Å².